The first-order valence-corrected chi connectivity index (χ1v) is 10.8. The highest BCUT2D eigenvalue weighted by Gasteiger charge is 2.19. The third-order valence-corrected chi connectivity index (χ3v) is 5.50. The zero-order valence-corrected chi connectivity index (χ0v) is 18.4. The van der Waals surface area contributed by atoms with Crippen LogP contribution in [-0.2, 0) is 17.9 Å². The molecule has 2 aromatic heterocycles. The summed E-state index contributed by atoms with van der Waals surface area (Å²) in [5.41, 5.74) is 5.65. The lowest BCUT2D eigenvalue weighted by molar-refractivity contribution is -0.121. The summed E-state index contributed by atoms with van der Waals surface area (Å²) in [5.74, 6) is 0.696. The van der Waals surface area contributed by atoms with Gasteiger partial charge in [-0.05, 0) is 25.5 Å². The minimum Gasteiger partial charge on any atom is -0.350 e. The molecule has 5 rings (SSSR count). The molecule has 0 atom stereocenters. The fourth-order valence-electron chi connectivity index (χ4n) is 3.64. The molecule has 7 nitrogen and oxygen atoms in total. The number of fused-ring (bicyclic) bond motifs is 1. The first-order chi connectivity index (χ1) is 16.1. The molecule has 0 spiro atoms. The number of rotatable bonds is 6. The van der Waals surface area contributed by atoms with Gasteiger partial charge >= 0.3 is 0 Å². The number of carbonyl (C=O) groups is 1. The number of aryl methyl sites for hydroxylation is 2. The molecule has 2 heterocycles. The molecule has 0 aliphatic rings. The average Bonchev–Trinajstić information content (AvgIpc) is 3.45. The Morgan fingerprint density at radius 1 is 0.939 bits per heavy atom. The highest BCUT2D eigenvalue weighted by atomic mass is 16.5. The molecule has 0 saturated carbocycles. The number of nitrogens with one attached hydrogen (secondary N) is 1. The summed E-state index contributed by atoms with van der Waals surface area (Å²) < 4.78 is 7.21. The van der Waals surface area contributed by atoms with Crippen molar-refractivity contribution in [3.63, 3.8) is 0 Å². The number of para-hydroxylation sites is 1. The molecule has 0 aliphatic carbocycles. The lowest BCUT2D eigenvalue weighted by atomic mass is 10.1. The molecule has 5 aromatic rings. The van der Waals surface area contributed by atoms with Gasteiger partial charge in [0.15, 0.2) is 5.69 Å². The number of aromatic nitrogens is 4. The average molecular weight is 438 g/mol. The molecule has 0 bridgehead atoms. The molecular weight excluding hydrogens is 414 g/mol. The summed E-state index contributed by atoms with van der Waals surface area (Å²) in [6, 6.07) is 23.7. The van der Waals surface area contributed by atoms with Crippen LogP contribution in [0, 0.1) is 13.8 Å². The normalized spacial score (nSPS) is 11.1. The Morgan fingerprint density at radius 3 is 2.39 bits per heavy atom. The number of benzene rings is 3. The Hall–Kier alpha value is -4.26. The van der Waals surface area contributed by atoms with Gasteiger partial charge in [-0.2, -0.15) is 10.1 Å². The van der Waals surface area contributed by atoms with Crippen molar-refractivity contribution in [1.82, 2.24) is 25.2 Å². The van der Waals surface area contributed by atoms with Gasteiger partial charge in [0, 0.05) is 17.5 Å². The second kappa shape index (κ2) is 8.70. The van der Waals surface area contributed by atoms with Gasteiger partial charge in [0.2, 0.25) is 11.7 Å². The molecule has 1 N–H and O–H groups in total. The minimum atomic E-state index is -0.124. The molecule has 0 aliphatic heterocycles. The molecular formula is C26H23N5O2. The Kier molecular flexibility index (Phi) is 5.44. The molecule has 1 amide bonds. The largest absolute Gasteiger partial charge is 0.350 e. The zero-order valence-electron chi connectivity index (χ0n) is 18.4. The van der Waals surface area contributed by atoms with E-state index in [9.17, 15) is 4.79 Å². The Labute approximate surface area is 191 Å². The summed E-state index contributed by atoms with van der Waals surface area (Å²) in [5, 5.41) is 12.6. The van der Waals surface area contributed by atoms with Crippen LogP contribution in [0.2, 0.25) is 0 Å². The van der Waals surface area contributed by atoms with Crippen molar-refractivity contribution in [2.45, 2.75) is 26.9 Å². The van der Waals surface area contributed by atoms with E-state index in [-0.39, 0.29) is 12.5 Å². The van der Waals surface area contributed by atoms with E-state index in [1.807, 2.05) is 86.6 Å². The summed E-state index contributed by atoms with van der Waals surface area (Å²) in [4.78, 5) is 17.2. The topological polar surface area (TPSA) is 85.8 Å². The number of carbonyl (C=O) groups excluding carboxylic acids is 1. The van der Waals surface area contributed by atoms with Crippen molar-refractivity contribution in [3.8, 4) is 23.0 Å². The first-order valence-electron chi connectivity index (χ1n) is 10.8. The van der Waals surface area contributed by atoms with Gasteiger partial charge in [-0.1, -0.05) is 83.0 Å². The zero-order chi connectivity index (χ0) is 22.8. The number of hydrogen-bond acceptors (Lipinski definition) is 5. The van der Waals surface area contributed by atoms with Crippen LogP contribution in [-0.4, -0.2) is 25.8 Å². The molecule has 33 heavy (non-hydrogen) atoms. The monoisotopic (exact) mass is 437 g/mol. The highest BCUT2D eigenvalue weighted by Crippen LogP contribution is 2.28. The third kappa shape index (κ3) is 4.39. The first kappa shape index (κ1) is 20.6. The van der Waals surface area contributed by atoms with E-state index in [1.165, 1.54) is 5.56 Å². The maximum atomic E-state index is 12.6. The molecule has 0 saturated heterocycles. The van der Waals surface area contributed by atoms with E-state index in [2.05, 4.69) is 20.6 Å². The van der Waals surface area contributed by atoms with Crippen molar-refractivity contribution in [2.75, 3.05) is 0 Å². The van der Waals surface area contributed by atoms with Crippen molar-refractivity contribution >= 4 is 16.8 Å². The summed E-state index contributed by atoms with van der Waals surface area (Å²) >= 11 is 0. The predicted octanol–water partition coefficient (Wildman–Crippen LogP) is 4.69. The Morgan fingerprint density at radius 2 is 1.64 bits per heavy atom. The lowest BCUT2D eigenvalue weighted by Crippen LogP contribution is -2.27. The van der Waals surface area contributed by atoms with E-state index in [0.29, 0.717) is 24.0 Å². The number of amides is 1. The standard InChI is InChI=1S/C26H23N5O2/c1-17-7-11-19(12-8-17)15-27-23(32)16-31-22-6-4-3-5-21(22)24(29-31)26-28-25(30-33-26)20-13-9-18(2)10-14-20/h3-14H,15-16H2,1-2H3,(H,27,32). The van der Waals surface area contributed by atoms with E-state index in [4.69, 9.17) is 4.52 Å². The van der Waals surface area contributed by atoms with Crippen molar-refractivity contribution in [2.24, 2.45) is 0 Å². The van der Waals surface area contributed by atoms with Crippen molar-refractivity contribution in [1.29, 1.82) is 0 Å². The van der Waals surface area contributed by atoms with Crippen LogP contribution in [0.15, 0.2) is 77.3 Å². The fourth-order valence-corrected chi connectivity index (χ4v) is 3.64. The second-order valence-corrected chi connectivity index (χ2v) is 8.07. The maximum absolute atomic E-state index is 12.6. The molecule has 164 valence electrons. The quantitative estimate of drug-likeness (QED) is 0.417. The van der Waals surface area contributed by atoms with Crippen LogP contribution in [0.5, 0.6) is 0 Å². The van der Waals surface area contributed by atoms with E-state index in [1.54, 1.807) is 4.68 Å². The predicted molar refractivity (Wildman–Crippen MR) is 126 cm³/mol. The van der Waals surface area contributed by atoms with Gasteiger partial charge in [0.05, 0.1) is 5.52 Å². The molecule has 3 aromatic carbocycles. The number of hydrogen-bond donors (Lipinski definition) is 1. The fraction of sp³-hybridized carbons (Fsp3) is 0.154. The maximum Gasteiger partial charge on any atom is 0.279 e. The summed E-state index contributed by atoms with van der Waals surface area (Å²) in [7, 11) is 0. The van der Waals surface area contributed by atoms with E-state index < -0.39 is 0 Å². The van der Waals surface area contributed by atoms with Gasteiger partial charge < -0.3 is 9.84 Å². The SMILES string of the molecule is Cc1ccc(CNC(=O)Cn2nc(-c3nc(-c4ccc(C)cc4)no3)c3ccccc32)cc1. The Bertz CT molecular complexity index is 1420. The molecule has 7 heteroatoms. The van der Waals surface area contributed by atoms with Crippen LogP contribution in [0.1, 0.15) is 16.7 Å². The molecule has 0 fully saturated rings. The smallest absolute Gasteiger partial charge is 0.279 e. The van der Waals surface area contributed by atoms with Crippen LogP contribution >= 0.6 is 0 Å². The van der Waals surface area contributed by atoms with Crippen molar-refractivity contribution in [3.05, 3.63) is 89.5 Å². The second-order valence-electron chi connectivity index (χ2n) is 8.07. The van der Waals surface area contributed by atoms with E-state index in [0.717, 1.165) is 27.6 Å². The van der Waals surface area contributed by atoms with Crippen LogP contribution in [0.3, 0.4) is 0 Å². The summed E-state index contributed by atoms with van der Waals surface area (Å²) in [6.07, 6.45) is 0. The highest BCUT2D eigenvalue weighted by molar-refractivity contribution is 5.92. The van der Waals surface area contributed by atoms with Gasteiger partial charge in [0.1, 0.15) is 6.54 Å². The summed E-state index contributed by atoms with van der Waals surface area (Å²) in [6.45, 7) is 4.62. The van der Waals surface area contributed by atoms with Crippen molar-refractivity contribution < 1.29 is 9.32 Å². The minimum absolute atomic E-state index is 0.0886. The van der Waals surface area contributed by atoms with E-state index >= 15 is 0 Å². The van der Waals surface area contributed by atoms with Crippen LogP contribution < -0.4 is 5.32 Å². The molecule has 0 unspecified atom stereocenters. The lowest BCUT2D eigenvalue weighted by Gasteiger charge is -2.07. The Balaban J connectivity index is 1.38. The third-order valence-electron chi connectivity index (χ3n) is 5.50. The van der Waals surface area contributed by atoms with Crippen LogP contribution in [0.4, 0.5) is 0 Å². The molecule has 0 radical (unpaired) electrons. The van der Waals surface area contributed by atoms with Gasteiger partial charge in [-0.25, -0.2) is 0 Å². The van der Waals surface area contributed by atoms with Crippen LogP contribution in [0.25, 0.3) is 33.9 Å². The van der Waals surface area contributed by atoms with Gasteiger partial charge in [-0.15, -0.1) is 0 Å². The van der Waals surface area contributed by atoms with Gasteiger partial charge in [-0.3, -0.25) is 9.48 Å². The number of nitrogens with zero attached hydrogens (tertiary/aromatic N) is 4. The van der Waals surface area contributed by atoms with Gasteiger partial charge in [0.25, 0.3) is 5.89 Å².